The van der Waals surface area contributed by atoms with E-state index in [9.17, 15) is 4.79 Å². The zero-order chi connectivity index (χ0) is 21.2. The van der Waals surface area contributed by atoms with Crippen LogP contribution in [-0.4, -0.2) is 5.78 Å². The lowest BCUT2D eigenvalue weighted by Crippen LogP contribution is -2.20. The molecule has 0 aliphatic heterocycles. The van der Waals surface area contributed by atoms with Gasteiger partial charge in [0, 0.05) is 11.1 Å². The van der Waals surface area contributed by atoms with Gasteiger partial charge in [-0.15, -0.1) is 0 Å². The Kier molecular flexibility index (Phi) is 6.66. The Labute approximate surface area is 177 Å². The molecular formula is C28H38O. The van der Waals surface area contributed by atoms with Gasteiger partial charge in [0.1, 0.15) is 0 Å². The Morgan fingerprint density at radius 2 is 1.76 bits per heavy atom. The van der Waals surface area contributed by atoms with Crippen molar-refractivity contribution in [3.05, 3.63) is 70.3 Å². The second kappa shape index (κ2) is 8.86. The summed E-state index contributed by atoms with van der Waals surface area (Å²) in [5.74, 6) is 2.10. The van der Waals surface area contributed by atoms with Crippen LogP contribution in [0.15, 0.2) is 42.5 Å². The molecule has 0 aromatic heterocycles. The van der Waals surface area contributed by atoms with Crippen molar-refractivity contribution in [2.24, 2.45) is 11.8 Å². The predicted molar refractivity (Wildman–Crippen MR) is 124 cm³/mol. The van der Waals surface area contributed by atoms with E-state index in [1.54, 1.807) is 0 Å². The van der Waals surface area contributed by atoms with Crippen molar-refractivity contribution in [2.75, 3.05) is 0 Å². The van der Waals surface area contributed by atoms with E-state index in [1.165, 1.54) is 31.2 Å². The lowest BCUT2D eigenvalue weighted by atomic mass is 9.77. The summed E-state index contributed by atoms with van der Waals surface area (Å²) in [6.07, 6.45) is 6.46. The summed E-state index contributed by atoms with van der Waals surface area (Å²) in [6, 6.07) is 14.8. The van der Waals surface area contributed by atoms with Crippen LogP contribution in [0, 0.1) is 11.8 Å². The minimum atomic E-state index is -0.0599. The van der Waals surface area contributed by atoms with Crippen LogP contribution >= 0.6 is 0 Å². The summed E-state index contributed by atoms with van der Waals surface area (Å²) in [6.45, 7) is 13.3. The van der Waals surface area contributed by atoms with Crippen molar-refractivity contribution in [3.8, 4) is 0 Å². The van der Waals surface area contributed by atoms with E-state index in [-0.39, 0.29) is 11.2 Å². The molecule has 0 radical (unpaired) electrons. The van der Waals surface area contributed by atoms with E-state index in [2.05, 4.69) is 65.8 Å². The van der Waals surface area contributed by atoms with Gasteiger partial charge in [-0.25, -0.2) is 0 Å². The monoisotopic (exact) mass is 390 g/mol. The highest BCUT2D eigenvalue weighted by Crippen LogP contribution is 2.34. The molecule has 0 amide bonds. The molecule has 2 atom stereocenters. The fraction of sp³-hybridized carbons (Fsp3) is 0.536. The second-order valence-corrected chi connectivity index (χ2v) is 10.5. The SMILES string of the molecule is CC1CCCC(Cc2ccc(C(C)(C)C)c(C(=O)c3ccccc3C(C)C)c2)C1. The van der Waals surface area contributed by atoms with Crippen LogP contribution in [0.5, 0.6) is 0 Å². The van der Waals surface area contributed by atoms with Gasteiger partial charge in [-0.1, -0.05) is 97.2 Å². The number of benzene rings is 2. The lowest BCUT2D eigenvalue weighted by molar-refractivity contribution is 0.103. The molecule has 1 fully saturated rings. The molecule has 156 valence electrons. The molecule has 2 aromatic carbocycles. The highest BCUT2D eigenvalue weighted by atomic mass is 16.1. The molecule has 0 bridgehead atoms. The Morgan fingerprint density at radius 3 is 2.41 bits per heavy atom. The smallest absolute Gasteiger partial charge is 0.193 e. The molecule has 3 rings (SSSR count). The Hall–Kier alpha value is -1.89. The molecule has 0 heterocycles. The highest BCUT2D eigenvalue weighted by Gasteiger charge is 2.26. The van der Waals surface area contributed by atoms with Gasteiger partial charge < -0.3 is 0 Å². The number of carbonyl (C=O) groups excluding carboxylic acids is 1. The largest absolute Gasteiger partial charge is 0.289 e. The number of hydrogen-bond donors (Lipinski definition) is 0. The zero-order valence-corrected chi connectivity index (χ0v) is 19.2. The number of ketones is 1. The average molecular weight is 391 g/mol. The molecule has 1 aliphatic rings. The maximum absolute atomic E-state index is 13.7. The van der Waals surface area contributed by atoms with Crippen LogP contribution < -0.4 is 0 Å². The van der Waals surface area contributed by atoms with Crippen molar-refractivity contribution < 1.29 is 4.79 Å². The molecule has 1 saturated carbocycles. The molecule has 0 N–H and O–H groups in total. The molecule has 0 spiro atoms. The summed E-state index contributed by atoms with van der Waals surface area (Å²) in [7, 11) is 0. The van der Waals surface area contributed by atoms with Gasteiger partial charge in [0.15, 0.2) is 5.78 Å². The van der Waals surface area contributed by atoms with Crippen LogP contribution in [-0.2, 0) is 11.8 Å². The maximum atomic E-state index is 13.7. The van der Waals surface area contributed by atoms with E-state index in [4.69, 9.17) is 0 Å². The number of carbonyl (C=O) groups is 1. The molecule has 1 nitrogen and oxygen atoms in total. The van der Waals surface area contributed by atoms with Gasteiger partial charge in [-0.05, 0) is 58.8 Å². The number of rotatable bonds is 5. The lowest BCUT2D eigenvalue weighted by Gasteiger charge is -2.28. The molecule has 29 heavy (non-hydrogen) atoms. The first-order chi connectivity index (χ1) is 13.7. The van der Waals surface area contributed by atoms with Gasteiger partial charge in [-0.2, -0.15) is 0 Å². The quantitative estimate of drug-likeness (QED) is 0.478. The van der Waals surface area contributed by atoms with Gasteiger partial charge in [0.2, 0.25) is 0 Å². The first-order valence-corrected chi connectivity index (χ1v) is 11.4. The van der Waals surface area contributed by atoms with Crippen LogP contribution in [0.4, 0.5) is 0 Å². The normalized spacial score (nSPS) is 20.1. The molecule has 1 aliphatic carbocycles. The highest BCUT2D eigenvalue weighted by molar-refractivity contribution is 6.11. The van der Waals surface area contributed by atoms with Crippen LogP contribution in [0.1, 0.15) is 106 Å². The third kappa shape index (κ3) is 5.18. The summed E-state index contributed by atoms with van der Waals surface area (Å²) in [5, 5.41) is 0. The standard InChI is InChI=1S/C28H38O/c1-19(2)23-12-7-8-13-24(23)27(29)25-18-22(14-15-26(25)28(4,5)6)17-21-11-9-10-20(3)16-21/h7-8,12-15,18-21H,9-11,16-17H2,1-6H3. The molecular weight excluding hydrogens is 352 g/mol. The molecule has 2 aromatic rings. The minimum absolute atomic E-state index is 0.0599. The van der Waals surface area contributed by atoms with Crippen LogP contribution in [0.2, 0.25) is 0 Å². The summed E-state index contributed by atoms with van der Waals surface area (Å²) < 4.78 is 0. The van der Waals surface area contributed by atoms with Gasteiger partial charge in [-0.3, -0.25) is 4.79 Å². The first kappa shape index (κ1) is 21.8. The minimum Gasteiger partial charge on any atom is -0.289 e. The van der Waals surface area contributed by atoms with E-state index in [1.807, 2.05) is 18.2 Å². The van der Waals surface area contributed by atoms with Crippen LogP contribution in [0.25, 0.3) is 0 Å². The van der Waals surface area contributed by atoms with E-state index in [0.717, 1.165) is 40.5 Å². The third-order valence-electron chi connectivity index (χ3n) is 6.53. The van der Waals surface area contributed by atoms with Crippen molar-refractivity contribution in [3.63, 3.8) is 0 Å². The average Bonchev–Trinajstić information content (AvgIpc) is 2.66. The predicted octanol–water partition coefficient (Wildman–Crippen LogP) is 7.71. The van der Waals surface area contributed by atoms with E-state index in [0.29, 0.717) is 5.92 Å². The van der Waals surface area contributed by atoms with Crippen LogP contribution in [0.3, 0.4) is 0 Å². The Balaban J connectivity index is 2.00. The summed E-state index contributed by atoms with van der Waals surface area (Å²) in [4.78, 5) is 13.7. The van der Waals surface area contributed by atoms with Crippen molar-refractivity contribution >= 4 is 5.78 Å². The number of hydrogen-bond acceptors (Lipinski definition) is 1. The van der Waals surface area contributed by atoms with Crippen molar-refractivity contribution in [1.29, 1.82) is 0 Å². The zero-order valence-electron chi connectivity index (χ0n) is 19.2. The fourth-order valence-electron chi connectivity index (χ4n) is 4.99. The topological polar surface area (TPSA) is 17.1 Å². The maximum Gasteiger partial charge on any atom is 0.193 e. The second-order valence-electron chi connectivity index (χ2n) is 10.5. The Morgan fingerprint density at radius 1 is 1.03 bits per heavy atom. The molecule has 2 unspecified atom stereocenters. The van der Waals surface area contributed by atoms with Gasteiger partial charge in [0.25, 0.3) is 0 Å². The summed E-state index contributed by atoms with van der Waals surface area (Å²) >= 11 is 0. The molecule has 0 saturated heterocycles. The Bertz CT molecular complexity index is 853. The first-order valence-electron chi connectivity index (χ1n) is 11.4. The van der Waals surface area contributed by atoms with Crippen molar-refractivity contribution in [1.82, 2.24) is 0 Å². The van der Waals surface area contributed by atoms with Gasteiger partial charge in [0.05, 0.1) is 0 Å². The fourth-order valence-corrected chi connectivity index (χ4v) is 4.99. The third-order valence-corrected chi connectivity index (χ3v) is 6.53. The summed E-state index contributed by atoms with van der Waals surface area (Å²) in [5.41, 5.74) is 5.31. The molecule has 1 heteroatoms. The van der Waals surface area contributed by atoms with E-state index >= 15 is 0 Å². The van der Waals surface area contributed by atoms with Gasteiger partial charge >= 0.3 is 0 Å². The van der Waals surface area contributed by atoms with Crippen molar-refractivity contribution in [2.45, 2.75) is 85.0 Å². The van der Waals surface area contributed by atoms with E-state index < -0.39 is 0 Å².